The summed E-state index contributed by atoms with van der Waals surface area (Å²) < 4.78 is 7.63. The first kappa shape index (κ1) is 38.8. The lowest BCUT2D eigenvalue weighted by atomic mass is 9.81. The largest absolute Gasteiger partial charge is 0.309 e. The van der Waals surface area contributed by atoms with Gasteiger partial charge in [-0.3, -0.25) is 0 Å². The summed E-state index contributed by atoms with van der Waals surface area (Å²) in [5.74, 6) is 1.90. The Bertz CT molecular complexity index is 4100. The van der Waals surface area contributed by atoms with Crippen molar-refractivity contribution in [2.45, 2.75) is 19.3 Å². The topological polar surface area (TPSA) is 48.5 Å². The summed E-state index contributed by atoms with van der Waals surface area (Å²) >= 11 is 1.88. The molecule has 0 N–H and O–H groups in total. The van der Waals surface area contributed by atoms with E-state index in [1.54, 1.807) is 0 Å². The molecule has 0 radical (unpaired) electrons. The zero-order chi connectivity index (χ0) is 45.1. The number of hydrogen-bond donors (Lipinski definition) is 0. The highest BCUT2D eigenvalue weighted by Crippen LogP contribution is 2.56. The van der Waals surface area contributed by atoms with Crippen molar-refractivity contribution in [3.05, 3.63) is 223 Å². The first-order valence-corrected chi connectivity index (χ1v) is 24.0. The average molecular weight is 888 g/mol. The molecule has 0 saturated heterocycles. The van der Waals surface area contributed by atoms with Crippen molar-refractivity contribution in [2.75, 3.05) is 0 Å². The molecule has 1 aliphatic carbocycles. The number of aromatic nitrogens is 5. The molecule has 0 amide bonds. The monoisotopic (exact) mass is 887 g/mol. The Morgan fingerprint density at radius 3 is 1.76 bits per heavy atom. The van der Waals surface area contributed by atoms with Gasteiger partial charge in [-0.1, -0.05) is 178 Å². The molecule has 0 spiro atoms. The smallest absolute Gasteiger partial charge is 0.164 e. The van der Waals surface area contributed by atoms with Crippen LogP contribution in [0.3, 0.4) is 0 Å². The second-order valence-corrected chi connectivity index (χ2v) is 19.4. The highest BCUT2D eigenvalue weighted by atomic mass is 32.1. The van der Waals surface area contributed by atoms with Crippen LogP contribution < -0.4 is 0 Å². The Morgan fingerprint density at radius 1 is 0.412 bits per heavy atom. The van der Waals surface area contributed by atoms with Crippen molar-refractivity contribution < 1.29 is 0 Å². The van der Waals surface area contributed by atoms with E-state index in [4.69, 9.17) is 15.0 Å². The molecule has 0 saturated carbocycles. The van der Waals surface area contributed by atoms with E-state index in [1.807, 2.05) is 47.7 Å². The molecule has 0 atom stereocenters. The molecule has 14 rings (SSSR count). The van der Waals surface area contributed by atoms with Gasteiger partial charge in [0.1, 0.15) is 0 Å². The summed E-state index contributed by atoms with van der Waals surface area (Å²) in [6.07, 6.45) is 0. The van der Waals surface area contributed by atoms with Gasteiger partial charge in [-0.05, 0) is 70.8 Å². The minimum Gasteiger partial charge on any atom is -0.309 e. The molecule has 0 unspecified atom stereocenters. The van der Waals surface area contributed by atoms with Crippen LogP contribution >= 0.6 is 11.3 Å². The van der Waals surface area contributed by atoms with Crippen molar-refractivity contribution in [1.82, 2.24) is 24.1 Å². The van der Waals surface area contributed by atoms with Gasteiger partial charge in [0.25, 0.3) is 0 Å². The molecule has 4 heterocycles. The van der Waals surface area contributed by atoms with Gasteiger partial charge in [-0.15, -0.1) is 11.3 Å². The number of benzene rings is 9. The van der Waals surface area contributed by atoms with Crippen LogP contribution in [0, 0.1) is 0 Å². The fraction of sp³-hybridized carbons (Fsp3) is 0.0484. The Labute approximate surface area is 396 Å². The molecule has 0 aliphatic heterocycles. The third kappa shape index (κ3) is 5.71. The molecule has 320 valence electrons. The molecule has 13 aromatic rings. The van der Waals surface area contributed by atoms with Crippen LogP contribution in [0.2, 0.25) is 0 Å². The van der Waals surface area contributed by atoms with Crippen LogP contribution in [0.5, 0.6) is 0 Å². The van der Waals surface area contributed by atoms with Gasteiger partial charge in [0.05, 0.1) is 22.2 Å². The number of para-hydroxylation sites is 1. The molecular weight excluding hydrogens is 847 g/mol. The van der Waals surface area contributed by atoms with Gasteiger partial charge in [0.2, 0.25) is 0 Å². The number of nitrogens with zero attached hydrogens (tertiary/aromatic N) is 5. The Morgan fingerprint density at radius 2 is 1.00 bits per heavy atom. The molecule has 4 aromatic heterocycles. The lowest BCUT2D eigenvalue weighted by molar-refractivity contribution is 0.666. The lowest BCUT2D eigenvalue weighted by Gasteiger charge is -2.22. The summed E-state index contributed by atoms with van der Waals surface area (Å²) in [4.78, 5) is 15.4. The van der Waals surface area contributed by atoms with Crippen molar-refractivity contribution in [3.63, 3.8) is 0 Å². The average Bonchev–Trinajstić information content (AvgIpc) is 4.12. The maximum Gasteiger partial charge on any atom is 0.164 e. The molecule has 1 aliphatic rings. The molecule has 5 nitrogen and oxygen atoms in total. The molecular formula is C62H41N5S. The fourth-order valence-corrected chi connectivity index (χ4v) is 12.3. The normalized spacial score (nSPS) is 13.0. The van der Waals surface area contributed by atoms with Crippen LogP contribution in [0.1, 0.15) is 25.0 Å². The van der Waals surface area contributed by atoms with E-state index in [9.17, 15) is 0 Å². The van der Waals surface area contributed by atoms with Crippen molar-refractivity contribution in [3.8, 4) is 67.9 Å². The van der Waals surface area contributed by atoms with E-state index < -0.39 is 0 Å². The first-order chi connectivity index (χ1) is 33.5. The molecule has 0 fully saturated rings. The molecule has 68 heavy (non-hydrogen) atoms. The van der Waals surface area contributed by atoms with Crippen LogP contribution in [0.15, 0.2) is 212 Å². The second-order valence-electron chi connectivity index (χ2n) is 18.4. The predicted molar refractivity (Wildman–Crippen MR) is 283 cm³/mol. The van der Waals surface area contributed by atoms with E-state index >= 15 is 0 Å². The third-order valence-corrected chi connectivity index (χ3v) is 15.4. The number of thiophene rings is 1. The quantitative estimate of drug-likeness (QED) is 0.167. The minimum absolute atomic E-state index is 0.282. The van der Waals surface area contributed by atoms with E-state index in [-0.39, 0.29) is 5.41 Å². The Kier molecular flexibility index (Phi) is 8.43. The standard InChI is InChI=1S/C62H41N5S/c1-62(2)50-30-14-12-27-48(50)57-55(62)54-52(66(57)42-23-10-5-11-24-42)35-33-46-49-37-40(44-28-17-29-47-45-26-13-15-31-53(45)68-58(44)47)32-34-51(49)67(56(46)54)43-25-16-22-41(36-43)61-64-59(38-18-6-3-7-19-38)63-60(65-61)39-20-8-4-9-21-39/h3-37H,1-2H3. The van der Waals surface area contributed by atoms with Crippen molar-refractivity contribution in [2.24, 2.45) is 0 Å². The van der Waals surface area contributed by atoms with Gasteiger partial charge in [-0.2, -0.15) is 0 Å². The number of fused-ring (bicyclic) bond motifs is 12. The SMILES string of the molecule is CC1(C)c2ccccc2-c2c1c1c(ccc3c4cc(-c5cccc6c5sc5ccccc56)ccc4n(-c4cccc(-c5nc(-c6ccccc6)nc(-c6ccccc6)n5)c4)c31)n2-c1ccccc1. The van der Waals surface area contributed by atoms with Gasteiger partial charge < -0.3 is 9.13 Å². The zero-order valence-corrected chi connectivity index (χ0v) is 38.2. The summed E-state index contributed by atoms with van der Waals surface area (Å²) in [5.41, 5.74) is 15.9. The third-order valence-electron chi connectivity index (χ3n) is 14.1. The maximum atomic E-state index is 5.17. The van der Waals surface area contributed by atoms with Crippen LogP contribution in [0.4, 0.5) is 0 Å². The van der Waals surface area contributed by atoms with Crippen molar-refractivity contribution >= 4 is 64.2 Å². The summed E-state index contributed by atoms with van der Waals surface area (Å²) in [6.45, 7) is 4.80. The van der Waals surface area contributed by atoms with Gasteiger partial charge in [-0.25, -0.2) is 15.0 Å². The molecule has 9 aromatic carbocycles. The van der Waals surface area contributed by atoms with Gasteiger partial charge in [0, 0.05) is 75.4 Å². The van der Waals surface area contributed by atoms with E-state index in [0.29, 0.717) is 17.5 Å². The first-order valence-electron chi connectivity index (χ1n) is 23.2. The fourth-order valence-electron chi connectivity index (χ4n) is 11.1. The zero-order valence-electron chi connectivity index (χ0n) is 37.4. The van der Waals surface area contributed by atoms with E-state index in [2.05, 4.69) is 199 Å². The van der Waals surface area contributed by atoms with Crippen LogP contribution in [0.25, 0.3) is 121 Å². The molecule has 6 heteroatoms. The predicted octanol–water partition coefficient (Wildman–Crippen LogP) is 16.3. The van der Waals surface area contributed by atoms with Crippen molar-refractivity contribution in [1.29, 1.82) is 0 Å². The lowest BCUT2D eigenvalue weighted by Crippen LogP contribution is -2.15. The van der Waals surface area contributed by atoms with Crippen LogP contribution in [-0.4, -0.2) is 24.1 Å². The highest BCUT2D eigenvalue weighted by Gasteiger charge is 2.41. The number of rotatable bonds is 6. The second kappa shape index (κ2) is 14.8. The highest BCUT2D eigenvalue weighted by molar-refractivity contribution is 7.26. The Hall–Kier alpha value is -8.45. The number of hydrogen-bond acceptors (Lipinski definition) is 4. The van der Waals surface area contributed by atoms with E-state index in [0.717, 1.165) is 33.6 Å². The van der Waals surface area contributed by atoms with Gasteiger partial charge >= 0.3 is 0 Å². The van der Waals surface area contributed by atoms with Gasteiger partial charge in [0.15, 0.2) is 17.5 Å². The van der Waals surface area contributed by atoms with Crippen LogP contribution in [-0.2, 0) is 5.41 Å². The molecule has 0 bridgehead atoms. The van der Waals surface area contributed by atoms with E-state index in [1.165, 1.54) is 80.9 Å². The summed E-state index contributed by atoms with van der Waals surface area (Å²) in [6, 6.07) is 76.4. The Balaban J connectivity index is 1.08. The summed E-state index contributed by atoms with van der Waals surface area (Å²) in [5, 5.41) is 6.28. The maximum absolute atomic E-state index is 5.17. The summed E-state index contributed by atoms with van der Waals surface area (Å²) in [7, 11) is 0. The minimum atomic E-state index is -0.282.